The first kappa shape index (κ1) is 13.1. The van der Waals surface area contributed by atoms with Gasteiger partial charge in [-0.2, -0.15) is 0 Å². The number of nitrogens with two attached hydrogens (primary N) is 1. The van der Waals surface area contributed by atoms with Gasteiger partial charge in [-0.05, 0) is 25.3 Å². The van der Waals surface area contributed by atoms with Crippen molar-refractivity contribution in [1.29, 1.82) is 0 Å². The first-order valence-corrected chi connectivity index (χ1v) is 7.15. The molecule has 0 aliphatic carbocycles. The van der Waals surface area contributed by atoms with E-state index in [1.807, 2.05) is 24.4 Å². The summed E-state index contributed by atoms with van der Waals surface area (Å²) in [5.74, 6) is 0.808. The lowest BCUT2D eigenvalue weighted by atomic mass is 10.1. The Kier molecular flexibility index (Phi) is 3.65. The Morgan fingerprint density at radius 2 is 2.10 bits per heavy atom. The molecule has 0 amide bonds. The Labute approximate surface area is 119 Å². The summed E-state index contributed by atoms with van der Waals surface area (Å²) in [5.41, 5.74) is 9.09. The number of rotatable bonds is 3. The molecule has 1 aromatic carbocycles. The monoisotopic (exact) mass is 268 g/mol. The molecule has 1 aliphatic heterocycles. The largest absolute Gasteiger partial charge is 0.337 e. The molecule has 0 radical (unpaired) electrons. The fourth-order valence-corrected chi connectivity index (χ4v) is 2.80. The molecule has 0 bridgehead atoms. The van der Waals surface area contributed by atoms with Gasteiger partial charge in [0.05, 0.1) is 5.69 Å². The molecule has 0 saturated carbocycles. The summed E-state index contributed by atoms with van der Waals surface area (Å²) >= 11 is 0. The topological polar surface area (TPSA) is 55.0 Å². The van der Waals surface area contributed by atoms with Crippen molar-refractivity contribution in [2.75, 3.05) is 18.0 Å². The molecule has 1 aliphatic rings. The maximum atomic E-state index is 5.84. The first-order valence-electron chi connectivity index (χ1n) is 7.15. The van der Waals surface area contributed by atoms with Gasteiger partial charge in [-0.15, -0.1) is 0 Å². The van der Waals surface area contributed by atoms with Crippen LogP contribution in [0.3, 0.4) is 0 Å². The van der Waals surface area contributed by atoms with Crippen molar-refractivity contribution >= 4 is 5.95 Å². The molecule has 20 heavy (non-hydrogen) atoms. The van der Waals surface area contributed by atoms with E-state index in [-0.39, 0.29) is 0 Å². The van der Waals surface area contributed by atoms with Crippen LogP contribution in [0.1, 0.15) is 18.4 Å². The van der Waals surface area contributed by atoms with Crippen LogP contribution in [0.25, 0.3) is 11.3 Å². The molecular weight excluding hydrogens is 248 g/mol. The van der Waals surface area contributed by atoms with Crippen LogP contribution in [0.5, 0.6) is 0 Å². The third-order valence-corrected chi connectivity index (χ3v) is 3.91. The second-order valence-corrected chi connectivity index (χ2v) is 5.29. The summed E-state index contributed by atoms with van der Waals surface area (Å²) in [6.07, 6.45) is 4.21. The van der Waals surface area contributed by atoms with E-state index in [0.29, 0.717) is 12.6 Å². The lowest BCUT2D eigenvalue weighted by Crippen LogP contribution is -2.36. The SMILES string of the molecule is Cc1cnc(N2CCCC2CN)nc1-c1ccccc1. The molecule has 1 saturated heterocycles. The molecule has 2 aromatic rings. The Morgan fingerprint density at radius 1 is 1.30 bits per heavy atom. The van der Waals surface area contributed by atoms with Gasteiger partial charge >= 0.3 is 0 Å². The van der Waals surface area contributed by atoms with E-state index in [2.05, 4.69) is 28.9 Å². The second kappa shape index (κ2) is 5.59. The average molecular weight is 268 g/mol. The van der Waals surface area contributed by atoms with Crippen LogP contribution in [0.4, 0.5) is 5.95 Å². The van der Waals surface area contributed by atoms with Crippen LogP contribution in [0.15, 0.2) is 36.5 Å². The van der Waals surface area contributed by atoms with Crippen LogP contribution < -0.4 is 10.6 Å². The smallest absolute Gasteiger partial charge is 0.226 e. The molecule has 1 unspecified atom stereocenters. The van der Waals surface area contributed by atoms with Crippen molar-refractivity contribution in [3.63, 3.8) is 0 Å². The van der Waals surface area contributed by atoms with E-state index in [1.54, 1.807) is 0 Å². The molecule has 104 valence electrons. The number of aryl methyl sites for hydroxylation is 1. The minimum atomic E-state index is 0.376. The summed E-state index contributed by atoms with van der Waals surface area (Å²) in [6, 6.07) is 10.6. The number of anilines is 1. The highest BCUT2D eigenvalue weighted by atomic mass is 15.3. The van der Waals surface area contributed by atoms with E-state index in [4.69, 9.17) is 10.7 Å². The summed E-state index contributed by atoms with van der Waals surface area (Å²) in [6.45, 7) is 3.72. The van der Waals surface area contributed by atoms with Crippen molar-refractivity contribution in [2.24, 2.45) is 5.73 Å². The number of aromatic nitrogens is 2. The molecule has 1 atom stereocenters. The lowest BCUT2D eigenvalue weighted by Gasteiger charge is -2.24. The van der Waals surface area contributed by atoms with Crippen molar-refractivity contribution in [3.8, 4) is 11.3 Å². The van der Waals surface area contributed by atoms with Gasteiger partial charge in [-0.1, -0.05) is 30.3 Å². The zero-order valence-corrected chi connectivity index (χ0v) is 11.8. The standard InChI is InChI=1S/C16H20N4/c1-12-11-18-16(20-9-5-8-14(20)10-17)19-15(12)13-6-3-2-4-7-13/h2-4,6-7,11,14H,5,8-10,17H2,1H3. The van der Waals surface area contributed by atoms with Gasteiger partial charge < -0.3 is 10.6 Å². The third kappa shape index (κ3) is 2.39. The third-order valence-electron chi connectivity index (χ3n) is 3.91. The molecule has 3 rings (SSSR count). The molecule has 2 N–H and O–H groups in total. The van der Waals surface area contributed by atoms with Crippen molar-refractivity contribution < 1.29 is 0 Å². The Bertz CT molecular complexity index is 582. The van der Waals surface area contributed by atoms with Crippen molar-refractivity contribution in [1.82, 2.24) is 9.97 Å². The molecule has 1 fully saturated rings. The fraction of sp³-hybridized carbons (Fsp3) is 0.375. The maximum Gasteiger partial charge on any atom is 0.226 e. The summed E-state index contributed by atoms with van der Waals surface area (Å²) < 4.78 is 0. The van der Waals surface area contributed by atoms with Gasteiger partial charge in [-0.25, -0.2) is 9.97 Å². The predicted octanol–water partition coefficient (Wildman–Crippen LogP) is 2.38. The lowest BCUT2D eigenvalue weighted by molar-refractivity contribution is 0.664. The van der Waals surface area contributed by atoms with Gasteiger partial charge in [0.1, 0.15) is 0 Å². The predicted molar refractivity (Wildman–Crippen MR) is 81.6 cm³/mol. The summed E-state index contributed by atoms with van der Waals surface area (Å²) in [7, 11) is 0. The van der Waals surface area contributed by atoms with Crippen LogP contribution in [0, 0.1) is 6.92 Å². The van der Waals surface area contributed by atoms with Crippen molar-refractivity contribution in [3.05, 3.63) is 42.1 Å². The minimum absolute atomic E-state index is 0.376. The Hall–Kier alpha value is -1.94. The molecule has 4 heteroatoms. The molecule has 1 aromatic heterocycles. The zero-order valence-electron chi connectivity index (χ0n) is 11.8. The minimum Gasteiger partial charge on any atom is -0.337 e. The van der Waals surface area contributed by atoms with Gasteiger partial charge in [0.25, 0.3) is 0 Å². The van der Waals surface area contributed by atoms with Crippen molar-refractivity contribution in [2.45, 2.75) is 25.8 Å². The molecular formula is C16H20N4. The van der Waals surface area contributed by atoms with Crippen LogP contribution in [-0.4, -0.2) is 29.1 Å². The first-order chi connectivity index (χ1) is 9.79. The Balaban J connectivity index is 1.99. The zero-order chi connectivity index (χ0) is 13.9. The van der Waals surface area contributed by atoms with Crippen LogP contribution >= 0.6 is 0 Å². The molecule has 4 nitrogen and oxygen atoms in total. The number of nitrogens with zero attached hydrogens (tertiary/aromatic N) is 3. The summed E-state index contributed by atoms with van der Waals surface area (Å²) in [5, 5.41) is 0. The number of hydrogen-bond donors (Lipinski definition) is 1. The number of hydrogen-bond acceptors (Lipinski definition) is 4. The Morgan fingerprint density at radius 3 is 2.85 bits per heavy atom. The fourth-order valence-electron chi connectivity index (χ4n) is 2.80. The summed E-state index contributed by atoms with van der Waals surface area (Å²) in [4.78, 5) is 11.5. The van der Waals surface area contributed by atoms with Gasteiger partial charge in [-0.3, -0.25) is 0 Å². The van der Waals surface area contributed by atoms with Gasteiger partial charge in [0, 0.05) is 30.9 Å². The van der Waals surface area contributed by atoms with Gasteiger partial charge in [0.15, 0.2) is 0 Å². The van der Waals surface area contributed by atoms with E-state index in [9.17, 15) is 0 Å². The van der Waals surface area contributed by atoms with Crippen LogP contribution in [0.2, 0.25) is 0 Å². The normalized spacial score (nSPS) is 18.5. The average Bonchev–Trinajstić information content (AvgIpc) is 2.97. The quantitative estimate of drug-likeness (QED) is 0.928. The number of benzene rings is 1. The van der Waals surface area contributed by atoms with Crippen LogP contribution in [-0.2, 0) is 0 Å². The maximum absolute atomic E-state index is 5.84. The highest BCUT2D eigenvalue weighted by Gasteiger charge is 2.25. The van der Waals surface area contributed by atoms with E-state index >= 15 is 0 Å². The van der Waals surface area contributed by atoms with E-state index in [0.717, 1.165) is 35.7 Å². The van der Waals surface area contributed by atoms with E-state index in [1.165, 1.54) is 6.42 Å². The van der Waals surface area contributed by atoms with E-state index < -0.39 is 0 Å². The molecule has 0 spiro atoms. The highest BCUT2D eigenvalue weighted by molar-refractivity contribution is 5.63. The highest BCUT2D eigenvalue weighted by Crippen LogP contribution is 2.26. The van der Waals surface area contributed by atoms with Gasteiger partial charge in [0.2, 0.25) is 5.95 Å². The molecule has 2 heterocycles. The second-order valence-electron chi connectivity index (χ2n) is 5.29.